The molecule has 1 aromatic carbocycles. The van der Waals surface area contributed by atoms with E-state index in [9.17, 15) is 4.79 Å². The molecule has 1 amide bonds. The Labute approximate surface area is 146 Å². The van der Waals surface area contributed by atoms with Crippen LogP contribution in [0.5, 0.6) is 0 Å². The molecule has 25 heavy (non-hydrogen) atoms. The van der Waals surface area contributed by atoms with Crippen LogP contribution in [-0.2, 0) is 11.3 Å². The molecule has 0 spiro atoms. The first-order valence-corrected chi connectivity index (χ1v) is 9.01. The Hall–Kier alpha value is -2.50. The molecular formula is C19H23N5O. The monoisotopic (exact) mass is 337 g/mol. The van der Waals surface area contributed by atoms with Gasteiger partial charge in [-0.2, -0.15) is 4.52 Å². The molecular weight excluding hydrogens is 314 g/mol. The van der Waals surface area contributed by atoms with Crippen LogP contribution in [-0.4, -0.2) is 36.9 Å². The summed E-state index contributed by atoms with van der Waals surface area (Å²) in [4.78, 5) is 14.3. The van der Waals surface area contributed by atoms with Gasteiger partial charge in [0.2, 0.25) is 5.91 Å². The van der Waals surface area contributed by atoms with Gasteiger partial charge in [0.1, 0.15) is 0 Å². The topological polar surface area (TPSA) is 63.4 Å². The van der Waals surface area contributed by atoms with Gasteiger partial charge in [-0.05, 0) is 41.8 Å². The lowest BCUT2D eigenvalue weighted by molar-refractivity contribution is -0.132. The summed E-state index contributed by atoms with van der Waals surface area (Å²) < 4.78 is 1.80. The summed E-state index contributed by atoms with van der Waals surface area (Å²) in [6.45, 7) is 4.29. The number of aryl methyl sites for hydroxylation is 1. The normalized spacial score (nSPS) is 15.8. The van der Waals surface area contributed by atoms with Gasteiger partial charge in [0, 0.05) is 30.5 Å². The molecule has 1 aliphatic rings. The maximum atomic E-state index is 12.3. The number of carbonyl (C=O) groups excluding carboxylic acids is 1. The second-order valence-corrected chi connectivity index (χ2v) is 7.04. The average Bonchev–Trinajstić information content (AvgIpc) is 3.10. The number of benzene rings is 1. The Balaban J connectivity index is 1.79. The Morgan fingerprint density at radius 2 is 2.08 bits per heavy atom. The Bertz CT molecular complexity index is 926. The van der Waals surface area contributed by atoms with Crippen LogP contribution in [0, 0.1) is 6.92 Å². The fraction of sp³-hybridized carbons (Fsp3) is 0.474. The maximum Gasteiger partial charge on any atom is 0.219 e. The van der Waals surface area contributed by atoms with E-state index < -0.39 is 0 Å². The molecule has 6 nitrogen and oxygen atoms in total. The standard InChI is InChI=1S/C19H23N5O/c1-13-7-6-8-15-11-16(19-20-21-22-24(19)18(13)15)12-23(14(2)25)17-9-4-3-5-10-17/h6-8,11,17H,3-5,9-10,12H2,1-2H3. The van der Waals surface area contributed by atoms with Gasteiger partial charge in [0.25, 0.3) is 0 Å². The minimum absolute atomic E-state index is 0.127. The minimum atomic E-state index is 0.127. The number of aromatic nitrogens is 4. The highest BCUT2D eigenvalue weighted by Crippen LogP contribution is 2.27. The molecule has 4 rings (SSSR count). The van der Waals surface area contributed by atoms with Crippen molar-refractivity contribution in [2.45, 2.75) is 58.5 Å². The van der Waals surface area contributed by atoms with Crippen molar-refractivity contribution < 1.29 is 4.79 Å². The number of hydrogen-bond donors (Lipinski definition) is 0. The minimum Gasteiger partial charge on any atom is -0.335 e. The van der Waals surface area contributed by atoms with E-state index in [1.807, 2.05) is 11.0 Å². The number of fused-ring (bicyclic) bond motifs is 3. The van der Waals surface area contributed by atoms with E-state index in [1.54, 1.807) is 11.4 Å². The molecule has 130 valence electrons. The third-order valence-electron chi connectivity index (χ3n) is 5.33. The number of nitrogens with zero attached hydrogens (tertiary/aromatic N) is 5. The Morgan fingerprint density at radius 3 is 2.84 bits per heavy atom. The molecule has 2 heterocycles. The quantitative estimate of drug-likeness (QED) is 0.736. The molecule has 1 fully saturated rings. The molecule has 0 N–H and O–H groups in total. The van der Waals surface area contributed by atoms with Crippen LogP contribution in [0.4, 0.5) is 0 Å². The zero-order chi connectivity index (χ0) is 17.4. The third kappa shape index (κ3) is 2.86. The molecule has 0 bridgehead atoms. The number of carbonyl (C=O) groups is 1. The fourth-order valence-corrected chi connectivity index (χ4v) is 4.07. The van der Waals surface area contributed by atoms with Gasteiger partial charge in [0.05, 0.1) is 5.52 Å². The van der Waals surface area contributed by atoms with E-state index in [0.717, 1.165) is 40.5 Å². The average molecular weight is 337 g/mol. The molecule has 1 aliphatic carbocycles. The molecule has 0 atom stereocenters. The number of tetrazole rings is 1. The first kappa shape index (κ1) is 16.0. The highest BCUT2D eigenvalue weighted by molar-refractivity contribution is 5.86. The zero-order valence-electron chi connectivity index (χ0n) is 14.8. The predicted molar refractivity (Wildman–Crippen MR) is 96.1 cm³/mol. The number of pyridine rings is 1. The Morgan fingerprint density at radius 1 is 1.28 bits per heavy atom. The largest absolute Gasteiger partial charge is 0.335 e. The summed E-state index contributed by atoms with van der Waals surface area (Å²) in [5, 5.41) is 13.4. The van der Waals surface area contributed by atoms with Crippen LogP contribution in [0.1, 0.15) is 50.2 Å². The Kier molecular flexibility index (Phi) is 4.11. The highest BCUT2D eigenvalue weighted by atomic mass is 16.2. The zero-order valence-corrected chi connectivity index (χ0v) is 14.8. The molecule has 0 unspecified atom stereocenters. The smallest absolute Gasteiger partial charge is 0.219 e. The van der Waals surface area contributed by atoms with Crippen LogP contribution in [0.15, 0.2) is 24.3 Å². The molecule has 0 radical (unpaired) electrons. The molecule has 6 heteroatoms. The maximum absolute atomic E-state index is 12.3. The van der Waals surface area contributed by atoms with Crippen molar-refractivity contribution >= 4 is 22.5 Å². The third-order valence-corrected chi connectivity index (χ3v) is 5.33. The van der Waals surface area contributed by atoms with Gasteiger partial charge in [-0.15, -0.1) is 5.10 Å². The van der Waals surface area contributed by atoms with Gasteiger partial charge in [-0.1, -0.05) is 37.5 Å². The van der Waals surface area contributed by atoms with E-state index in [-0.39, 0.29) is 5.91 Å². The molecule has 0 aliphatic heterocycles. The van der Waals surface area contributed by atoms with E-state index in [1.165, 1.54) is 19.3 Å². The second kappa shape index (κ2) is 6.43. The second-order valence-electron chi connectivity index (χ2n) is 7.04. The molecule has 1 saturated carbocycles. The van der Waals surface area contributed by atoms with Crippen molar-refractivity contribution in [3.8, 4) is 0 Å². The van der Waals surface area contributed by atoms with Crippen LogP contribution in [0.2, 0.25) is 0 Å². The first-order valence-electron chi connectivity index (χ1n) is 9.01. The SMILES string of the molecule is CC(=O)N(Cc1cc2cccc(C)c2n2nnnc12)C1CCCCC1. The fourth-order valence-electron chi connectivity index (χ4n) is 4.07. The summed E-state index contributed by atoms with van der Waals surface area (Å²) in [7, 11) is 0. The van der Waals surface area contributed by atoms with Crippen molar-refractivity contribution in [2.24, 2.45) is 0 Å². The van der Waals surface area contributed by atoms with E-state index in [2.05, 4.69) is 40.6 Å². The number of amides is 1. The van der Waals surface area contributed by atoms with Crippen molar-refractivity contribution in [3.05, 3.63) is 35.4 Å². The summed E-state index contributed by atoms with van der Waals surface area (Å²) >= 11 is 0. The molecule has 3 aromatic rings. The van der Waals surface area contributed by atoms with Crippen molar-refractivity contribution in [1.29, 1.82) is 0 Å². The van der Waals surface area contributed by atoms with Crippen molar-refractivity contribution in [3.63, 3.8) is 0 Å². The lowest BCUT2D eigenvalue weighted by Crippen LogP contribution is -2.39. The molecule has 0 saturated heterocycles. The highest BCUT2D eigenvalue weighted by Gasteiger charge is 2.24. The molecule has 2 aromatic heterocycles. The lowest BCUT2D eigenvalue weighted by atomic mass is 9.93. The summed E-state index contributed by atoms with van der Waals surface area (Å²) in [6.07, 6.45) is 5.86. The van der Waals surface area contributed by atoms with E-state index in [4.69, 9.17) is 0 Å². The first-order chi connectivity index (χ1) is 12.1. The van der Waals surface area contributed by atoms with Crippen molar-refractivity contribution in [2.75, 3.05) is 0 Å². The van der Waals surface area contributed by atoms with Gasteiger partial charge in [-0.25, -0.2) is 0 Å². The van der Waals surface area contributed by atoms with E-state index in [0.29, 0.717) is 12.6 Å². The summed E-state index contributed by atoms with van der Waals surface area (Å²) in [5.41, 5.74) is 3.91. The number of hydrogen-bond acceptors (Lipinski definition) is 4. The van der Waals surface area contributed by atoms with Gasteiger partial charge in [-0.3, -0.25) is 4.79 Å². The lowest BCUT2D eigenvalue weighted by Gasteiger charge is -2.33. The van der Waals surface area contributed by atoms with Crippen LogP contribution in [0.25, 0.3) is 16.6 Å². The van der Waals surface area contributed by atoms with Crippen LogP contribution < -0.4 is 0 Å². The predicted octanol–water partition coefficient (Wildman–Crippen LogP) is 3.27. The summed E-state index contributed by atoms with van der Waals surface area (Å²) in [6, 6.07) is 8.64. The number of para-hydroxylation sites is 1. The van der Waals surface area contributed by atoms with Crippen LogP contribution >= 0.6 is 0 Å². The van der Waals surface area contributed by atoms with E-state index >= 15 is 0 Å². The number of rotatable bonds is 3. The summed E-state index contributed by atoms with van der Waals surface area (Å²) in [5.74, 6) is 0.127. The van der Waals surface area contributed by atoms with Gasteiger partial charge in [0.15, 0.2) is 5.65 Å². The van der Waals surface area contributed by atoms with Crippen LogP contribution in [0.3, 0.4) is 0 Å². The van der Waals surface area contributed by atoms with Gasteiger partial charge < -0.3 is 4.90 Å². The van der Waals surface area contributed by atoms with Gasteiger partial charge >= 0.3 is 0 Å². The van der Waals surface area contributed by atoms with Crippen molar-refractivity contribution in [1.82, 2.24) is 24.9 Å².